The SMILES string of the molecule is C[C@H]1CN(Cc2ccccc2CNC(=O)c2cn(C)cn2)C[C@H](C)O1. The number of nitrogens with one attached hydrogen (secondary N) is 1. The van der Waals surface area contributed by atoms with E-state index in [4.69, 9.17) is 4.74 Å². The molecule has 0 unspecified atom stereocenters. The Kier molecular flexibility index (Phi) is 5.50. The Morgan fingerprint density at radius 2 is 1.92 bits per heavy atom. The lowest BCUT2D eigenvalue weighted by molar-refractivity contribution is -0.0705. The number of hydrogen-bond donors (Lipinski definition) is 1. The molecule has 1 aromatic carbocycles. The number of carbonyl (C=O) groups excluding carboxylic acids is 1. The van der Waals surface area contributed by atoms with Gasteiger partial charge in [0, 0.05) is 39.4 Å². The average Bonchev–Trinajstić information content (AvgIpc) is 2.99. The normalized spacial score (nSPS) is 21.2. The fourth-order valence-electron chi connectivity index (χ4n) is 3.33. The summed E-state index contributed by atoms with van der Waals surface area (Å²) in [5.74, 6) is -0.149. The molecule has 6 nitrogen and oxygen atoms in total. The first kappa shape index (κ1) is 17.6. The molecule has 1 aliphatic heterocycles. The lowest BCUT2D eigenvalue weighted by atomic mass is 10.1. The van der Waals surface area contributed by atoms with Gasteiger partial charge in [-0.15, -0.1) is 0 Å². The van der Waals surface area contributed by atoms with Gasteiger partial charge in [-0.2, -0.15) is 0 Å². The first-order valence-corrected chi connectivity index (χ1v) is 8.72. The summed E-state index contributed by atoms with van der Waals surface area (Å²) in [5, 5.41) is 2.97. The summed E-state index contributed by atoms with van der Waals surface area (Å²) < 4.78 is 7.57. The van der Waals surface area contributed by atoms with Gasteiger partial charge in [-0.3, -0.25) is 9.69 Å². The molecule has 3 rings (SSSR count). The van der Waals surface area contributed by atoms with Crippen LogP contribution in [0.15, 0.2) is 36.8 Å². The fraction of sp³-hybridized carbons (Fsp3) is 0.474. The molecule has 1 fully saturated rings. The van der Waals surface area contributed by atoms with Crippen LogP contribution in [0.4, 0.5) is 0 Å². The van der Waals surface area contributed by atoms with Gasteiger partial charge in [0.05, 0.1) is 18.5 Å². The lowest BCUT2D eigenvalue weighted by Gasteiger charge is -2.35. The third kappa shape index (κ3) is 4.67. The number of rotatable bonds is 5. The molecular formula is C19H26N4O2. The second kappa shape index (κ2) is 7.80. The van der Waals surface area contributed by atoms with Gasteiger partial charge in [0.25, 0.3) is 5.91 Å². The zero-order chi connectivity index (χ0) is 17.8. The molecule has 2 atom stereocenters. The zero-order valence-electron chi connectivity index (χ0n) is 15.1. The molecule has 134 valence electrons. The Bertz CT molecular complexity index is 718. The van der Waals surface area contributed by atoms with E-state index in [0.717, 1.165) is 25.2 Å². The highest BCUT2D eigenvalue weighted by atomic mass is 16.5. The van der Waals surface area contributed by atoms with Crippen LogP contribution >= 0.6 is 0 Å². The van der Waals surface area contributed by atoms with E-state index in [0.29, 0.717) is 12.2 Å². The van der Waals surface area contributed by atoms with Crippen molar-refractivity contribution in [2.75, 3.05) is 13.1 Å². The van der Waals surface area contributed by atoms with Crippen LogP contribution in [0.5, 0.6) is 0 Å². The quantitative estimate of drug-likeness (QED) is 0.902. The highest BCUT2D eigenvalue weighted by molar-refractivity contribution is 5.91. The number of aromatic nitrogens is 2. The van der Waals surface area contributed by atoms with Gasteiger partial charge >= 0.3 is 0 Å². The predicted octanol–water partition coefficient (Wildman–Crippen LogP) is 1.96. The Morgan fingerprint density at radius 3 is 2.56 bits per heavy atom. The Hall–Kier alpha value is -2.18. The van der Waals surface area contributed by atoms with Crippen LogP contribution in [-0.4, -0.2) is 45.7 Å². The number of amides is 1. The molecule has 1 aromatic heterocycles. The molecule has 6 heteroatoms. The van der Waals surface area contributed by atoms with Gasteiger partial charge in [0.2, 0.25) is 0 Å². The Balaban J connectivity index is 1.63. The van der Waals surface area contributed by atoms with E-state index in [-0.39, 0.29) is 18.1 Å². The smallest absolute Gasteiger partial charge is 0.271 e. The standard InChI is InChI=1S/C19H26N4O2/c1-14-9-23(10-15(2)25-14)11-17-7-5-4-6-16(17)8-20-19(24)18-12-22(3)13-21-18/h4-7,12-15H,8-11H2,1-3H3,(H,20,24)/t14-,15-/m0/s1. The third-order valence-electron chi connectivity index (χ3n) is 4.38. The minimum Gasteiger partial charge on any atom is -0.373 e. The molecule has 1 amide bonds. The van der Waals surface area contributed by atoms with Crippen molar-refractivity contribution >= 4 is 5.91 Å². The van der Waals surface area contributed by atoms with Crippen LogP contribution in [0.25, 0.3) is 0 Å². The Morgan fingerprint density at radius 1 is 1.24 bits per heavy atom. The summed E-state index contributed by atoms with van der Waals surface area (Å²) >= 11 is 0. The summed E-state index contributed by atoms with van der Waals surface area (Å²) in [6.45, 7) is 7.45. The highest BCUT2D eigenvalue weighted by Gasteiger charge is 2.22. The minimum atomic E-state index is -0.149. The second-order valence-corrected chi connectivity index (χ2v) is 6.83. The van der Waals surface area contributed by atoms with E-state index in [2.05, 4.69) is 41.2 Å². The number of morpholine rings is 1. The molecule has 25 heavy (non-hydrogen) atoms. The molecule has 1 N–H and O–H groups in total. The van der Waals surface area contributed by atoms with E-state index < -0.39 is 0 Å². The molecule has 0 bridgehead atoms. The van der Waals surface area contributed by atoms with Gasteiger partial charge in [-0.1, -0.05) is 24.3 Å². The fourth-order valence-corrected chi connectivity index (χ4v) is 3.33. The summed E-state index contributed by atoms with van der Waals surface area (Å²) in [7, 11) is 1.85. The maximum Gasteiger partial charge on any atom is 0.271 e. The molecule has 0 spiro atoms. The van der Waals surface area contributed by atoms with Crippen LogP contribution < -0.4 is 5.32 Å². The second-order valence-electron chi connectivity index (χ2n) is 6.83. The van der Waals surface area contributed by atoms with Crippen molar-refractivity contribution in [3.05, 3.63) is 53.6 Å². The van der Waals surface area contributed by atoms with Crippen molar-refractivity contribution in [2.45, 2.75) is 39.1 Å². The third-order valence-corrected chi connectivity index (χ3v) is 4.38. The molecule has 0 saturated carbocycles. The number of imidazole rings is 1. The van der Waals surface area contributed by atoms with E-state index in [1.54, 1.807) is 17.1 Å². The number of nitrogens with zero attached hydrogens (tertiary/aromatic N) is 3. The maximum atomic E-state index is 12.2. The number of benzene rings is 1. The summed E-state index contributed by atoms with van der Waals surface area (Å²) in [6.07, 6.45) is 3.85. The van der Waals surface area contributed by atoms with E-state index in [1.165, 1.54) is 5.56 Å². The lowest BCUT2D eigenvalue weighted by Crippen LogP contribution is -2.45. The van der Waals surface area contributed by atoms with Gasteiger partial charge in [-0.05, 0) is 25.0 Å². The van der Waals surface area contributed by atoms with Crippen molar-refractivity contribution in [3.63, 3.8) is 0 Å². The first-order chi connectivity index (χ1) is 12.0. The van der Waals surface area contributed by atoms with E-state index in [9.17, 15) is 4.79 Å². The van der Waals surface area contributed by atoms with Crippen molar-refractivity contribution in [1.29, 1.82) is 0 Å². The zero-order valence-corrected chi connectivity index (χ0v) is 15.1. The molecule has 0 aliphatic carbocycles. The van der Waals surface area contributed by atoms with Crippen LogP contribution in [-0.2, 0) is 24.9 Å². The number of hydrogen-bond acceptors (Lipinski definition) is 4. The first-order valence-electron chi connectivity index (χ1n) is 8.72. The average molecular weight is 342 g/mol. The van der Waals surface area contributed by atoms with Crippen molar-refractivity contribution in [3.8, 4) is 0 Å². The monoisotopic (exact) mass is 342 g/mol. The molecule has 2 heterocycles. The summed E-state index contributed by atoms with van der Waals surface area (Å²) in [5.41, 5.74) is 2.82. The number of aryl methyl sites for hydroxylation is 1. The van der Waals surface area contributed by atoms with Crippen LogP contribution in [0.3, 0.4) is 0 Å². The molecule has 2 aromatic rings. The molecule has 1 aliphatic rings. The van der Waals surface area contributed by atoms with Crippen LogP contribution in [0.2, 0.25) is 0 Å². The van der Waals surface area contributed by atoms with Crippen molar-refractivity contribution in [1.82, 2.24) is 19.8 Å². The summed E-state index contributed by atoms with van der Waals surface area (Å²) in [4.78, 5) is 18.7. The number of ether oxygens (including phenoxy) is 1. The molecular weight excluding hydrogens is 316 g/mol. The van der Waals surface area contributed by atoms with Crippen LogP contribution in [0.1, 0.15) is 35.5 Å². The van der Waals surface area contributed by atoms with Gasteiger partial charge in [0.15, 0.2) is 0 Å². The van der Waals surface area contributed by atoms with Gasteiger partial charge in [0.1, 0.15) is 5.69 Å². The number of carbonyl (C=O) groups is 1. The maximum absolute atomic E-state index is 12.2. The predicted molar refractivity (Wildman–Crippen MR) is 96.1 cm³/mol. The topological polar surface area (TPSA) is 59.4 Å². The highest BCUT2D eigenvalue weighted by Crippen LogP contribution is 2.17. The Labute approximate surface area is 148 Å². The van der Waals surface area contributed by atoms with Crippen molar-refractivity contribution in [2.24, 2.45) is 7.05 Å². The van der Waals surface area contributed by atoms with E-state index in [1.807, 2.05) is 19.2 Å². The summed E-state index contributed by atoms with van der Waals surface area (Å²) in [6, 6.07) is 8.26. The largest absolute Gasteiger partial charge is 0.373 e. The van der Waals surface area contributed by atoms with E-state index >= 15 is 0 Å². The van der Waals surface area contributed by atoms with Crippen molar-refractivity contribution < 1.29 is 9.53 Å². The minimum absolute atomic E-state index is 0.149. The van der Waals surface area contributed by atoms with Gasteiger partial charge in [-0.25, -0.2) is 4.98 Å². The van der Waals surface area contributed by atoms with Gasteiger partial charge < -0.3 is 14.6 Å². The molecule has 0 radical (unpaired) electrons. The molecule has 1 saturated heterocycles. The van der Waals surface area contributed by atoms with Crippen LogP contribution in [0, 0.1) is 0 Å².